The van der Waals surface area contributed by atoms with Gasteiger partial charge in [-0.05, 0) is 37.8 Å². The van der Waals surface area contributed by atoms with Crippen molar-refractivity contribution in [3.8, 4) is 0 Å². The molecule has 1 heterocycles. The Morgan fingerprint density at radius 2 is 1.84 bits per heavy atom. The molecule has 1 aliphatic heterocycles. The van der Waals surface area contributed by atoms with E-state index in [0.717, 1.165) is 37.1 Å². The molecule has 102 valence electrons. The second kappa shape index (κ2) is 6.00. The molecule has 3 nitrogen and oxygen atoms in total. The van der Waals surface area contributed by atoms with E-state index < -0.39 is 0 Å². The van der Waals surface area contributed by atoms with Gasteiger partial charge >= 0.3 is 0 Å². The van der Waals surface area contributed by atoms with Crippen molar-refractivity contribution < 1.29 is 9.59 Å². The SMILES string of the molecule is CC(=O)C1CCN(C(=O)Cc2ccccc2C)CC1. The van der Waals surface area contributed by atoms with Crippen molar-refractivity contribution in [3.05, 3.63) is 35.4 Å². The number of hydrogen-bond donors (Lipinski definition) is 0. The van der Waals surface area contributed by atoms with E-state index >= 15 is 0 Å². The highest BCUT2D eigenvalue weighted by molar-refractivity contribution is 5.81. The average molecular weight is 259 g/mol. The maximum absolute atomic E-state index is 12.2. The number of likely N-dealkylation sites (tertiary alicyclic amines) is 1. The minimum absolute atomic E-state index is 0.155. The van der Waals surface area contributed by atoms with Gasteiger partial charge in [0.15, 0.2) is 0 Å². The monoisotopic (exact) mass is 259 g/mol. The quantitative estimate of drug-likeness (QED) is 0.835. The molecule has 0 aromatic heterocycles. The van der Waals surface area contributed by atoms with Gasteiger partial charge in [-0.15, -0.1) is 0 Å². The zero-order valence-corrected chi connectivity index (χ0v) is 11.7. The molecule has 1 aliphatic rings. The molecule has 1 aromatic rings. The van der Waals surface area contributed by atoms with Crippen LogP contribution < -0.4 is 0 Å². The lowest BCUT2D eigenvalue weighted by Gasteiger charge is -2.31. The molecule has 0 radical (unpaired) electrons. The highest BCUT2D eigenvalue weighted by atomic mass is 16.2. The fourth-order valence-corrected chi connectivity index (χ4v) is 2.62. The second-order valence-electron chi connectivity index (χ2n) is 5.37. The van der Waals surface area contributed by atoms with Gasteiger partial charge in [-0.25, -0.2) is 0 Å². The van der Waals surface area contributed by atoms with Gasteiger partial charge in [-0.1, -0.05) is 24.3 Å². The van der Waals surface area contributed by atoms with Crippen molar-refractivity contribution >= 4 is 11.7 Å². The summed E-state index contributed by atoms with van der Waals surface area (Å²) in [6, 6.07) is 8.00. The fourth-order valence-electron chi connectivity index (χ4n) is 2.62. The van der Waals surface area contributed by atoms with Crippen LogP contribution in [-0.2, 0) is 16.0 Å². The van der Waals surface area contributed by atoms with Gasteiger partial charge in [0.25, 0.3) is 0 Å². The summed E-state index contributed by atoms with van der Waals surface area (Å²) < 4.78 is 0. The Balaban J connectivity index is 1.92. The first-order chi connectivity index (χ1) is 9.08. The van der Waals surface area contributed by atoms with Gasteiger partial charge in [-0.3, -0.25) is 9.59 Å². The lowest BCUT2D eigenvalue weighted by molar-refractivity contribution is -0.134. The Hall–Kier alpha value is -1.64. The lowest BCUT2D eigenvalue weighted by atomic mass is 9.93. The summed E-state index contributed by atoms with van der Waals surface area (Å²) in [6.45, 7) is 5.12. The van der Waals surface area contributed by atoms with Crippen molar-refractivity contribution in [2.24, 2.45) is 5.92 Å². The van der Waals surface area contributed by atoms with Crippen molar-refractivity contribution in [2.75, 3.05) is 13.1 Å². The number of benzene rings is 1. The Morgan fingerprint density at radius 1 is 1.21 bits per heavy atom. The minimum atomic E-state index is 0.155. The topological polar surface area (TPSA) is 37.4 Å². The number of amides is 1. The van der Waals surface area contributed by atoms with Crippen LogP contribution >= 0.6 is 0 Å². The highest BCUT2D eigenvalue weighted by Gasteiger charge is 2.25. The number of hydrogen-bond acceptors (Lipinski definition) is 2. The van der Waals surface area contributed by atoms with Gasteiger partial charge in [0.1, 0.15) is 5.78 Å². The van der Waals surface area contributed by atoms with E-state index in [-0.39, 0.29) is 17.6 Å². The summed E-state index contributed by atoms with van der Waals surface area (Å²) in [6.07, 6.45) is 2.10. The molecule has 0 aliphatic carbocycles. The van der Waals surface area contributed by atoms with E-state index in [4.69, 9.17) is 0 Å². The molecule has 1 amide bonds. The predicted molar refractivity (Wildman–Crippen MR) is 74.9 cm³/mol. The summed E-state index contributed by atoms with van der Waals surface area (Å²) >= 11 is 0. The number of carbonyl (C=O) groups is 2. The van der Waals surface area contributed by atoms with Crippen LogP contribution in [0.5, 0.6) is 0 Å². The maximum Gasteiger partial charge on any atom is 0.226 e. The van der Waals surface area contributed by atoms with Gasteiger partial charge in [0.05, 0.1) is 6.42 Å². The zero-order chi connectivity index (χ0) is 13.8. The standard InChI is InChI=1S/C16H21NO2/c1-12-5-3-4-6-15(12)11-16(19)17-9-7-14(8-10-17)13(2)18/h3-6,14H,7-11H2,1-2H3. The Kier molecular flexibility index (Phi) is 4.35. The smallest absolute Gasteiger partial charge is 0.226 e. The third-order valence-corrected chi connectivity index (χ3v) is 4.03. The number of nitrogens with zero attached hydrogens (tertiary/aromatic N) is 1. The Labute approximate surface area is 114 Å². The molecule has 0 unspecified atom stereocenters. The third-order valence-electron chi connectivity index (χ3n) is 4.03. The molecule has 0 N–H and O–H groups in total. The Morgan fingerprint density at radius 3 is 2.42 bits per heavy atom. The van der Waals surface area contributed by atoms with Crippen LogP contribution in [0.3, 0.4) is 0 Å². The molecule has 3 heteroatoms. The third kappa shape index (κ3) is 3.43. The van der Waals surface area contributed by atoms with Crippen LogP contribution in [0.15, 0.2) is 24.3 Å². The van der Waals surface area contributed by atoms with E-state index in [1.807, 2.05) is 36.1 Å². The van der Waals surface area contributed by atoms with Crippen molar-refractivity contribution in [3.63, 3.8) is 0 Å². The van der Waals surface area contributed by atoms with Crippen molar-refractivity contribution in [1.82, 2.24) is 4.90 Å². The maximum atomic E-state index is 12.2. The van der Waals surface area contributed by atoms with Gasteiger partial charge in [0, 0.05) is 19.0 Å². The summed E-state index contributed by atoms with van der Waals surface area (Å²) in [7, 11) is 0. The van der Waals surface area contributed by atoms with Gasteiger partial charge in [-0.2, -0.15) is 0 Å². The largest absolute Gasteiger partial charge is 0.342 e. The van der Waals surface area contributed by atoms with E-state index in [1.54, 1.807) is 6.92 Å². The molecule has 0 atom stereocenters. The first-order valence-corrected chi connectivity index (χ1v) is 6.90. The van der Waals surface area contributed by atoms with Gasteiger partial charge < -0.3 is 4.90 Å². The normalized spacial score (nSPS) is 16.4. The van der Waals surface area contributed by atoms with Crippen LogP contribution in [0.25, 0.3) is 0 Å². The van der Waals surface area contributed by atoms with E-state index in [2.05, 4.69) is 0 Å². The molecular formula is C16H21NO2. The summed E-state index contributed by atoms with van der Waals surface area (Å²) in [4.78, 5) is 25.4. The first kappa shape index (κ1) is 13.8. The number of Topliss-reactive ketones (excluding diaryl/α,β-unsaturated/α-hetero) is 1. The van der Waals surface area contributed by atoms with Gasteiger partial charge in [0.2, 0.25) is 5.91 Å². The summed E-state index contributed by atoms with van der Waals surface area (Å²) in [5.41, 5.74) is 2.26. The van der Waals surface area contributed by atoms with E-state index in [0.29, 0.717) is 6.42 Å². The highest BCUT2D eigenvalue weighted by Crippen LogP contribution is 2.19. The van der Waals surface area contributed by atoms with Crippen LogP contribution in [0, 0.1) is 12.8 Å². The number of ketones is 1. The van der Waals surface area contributed by atoms with Crippen molar-refractivity contribution in [1.29, 1.82) is 0 Å². The predicted octanol–water partition coefficient (Wildman–Crippen LogP) is 2.37. The molecular weight excluding hydrogens is 238 g/mol. The average Bonchev–Trinajstić information content (AvgIpc) is 2.41. The molecule has 0 spiro atoms. The number of carbonyl (C=O) groups excluding carboxylic acids is 2. The molecule has 1 fully saturated rings. The van der Waals surface area contributed by atoms with Crippen LogP contribution in [0.2, 0.25) is 0 Å². The fraction of sp³-hybridized carbons (Fsp3) is 0.500. The molecule has 0 saturated carbocycles. The number of aryl methyl sites for hydroxylation is 1. The summed E-state index contributed by atoms with van der Waals surface area (Å²) in [5, 5.41) is 0. The van der Waals surface area contributed by atoms with Crippen molar-refractivity contribution in [2.45, 2.75) is 33.1 Å². The van der Waals surface area contributed by atoms with E-state index in [9.17, 15) is 9.59 Å². The molecule has 19 heavy (non-hydrogen) atoms. The number of rotatable bonds is 3. The Bertz CT molecular complexity index is 473. The molecule has 1 aromatic carbocycles. The lowest BCUT2D eigenvalue weighted by Crippen LogP contribution is -2.40. The zero-order valence-electron chi connectivity index (χ0n) is 11.7. The second-order valence-corrected chi connectivity index (χ2v) is 5.37. The van der Waals surface area contributed by atoms with Crippen LogP contribution in [0.1, 0.15) is 30.9 Å². The van der Waals surface area contributed by atoms with E-state index in [1.165, 1.54) is 0 Å². The molecule has 1 saturated heterocycles. The van der Waals surface area contributed by atoms with Crippen LogP contribution in [-0.4, -0.2) is 29.7 Å². The summed E-state index contributed by atoms with van der Waals surface area (Å²) in [5.74, 6) is 0.588. The minimum Gasteiger partial charge on any atom is -0.342 e. The molecule has 2 rings (SSSR count). The molecule has 0 bridgehead atoms. The van der Waals surface area contributed by atoms with Crippen LogP contribution in [0.4, 0.5) is 0 Å². The number of piperidine rings is 1. The first-order valence-electron chi connectivity index (χ1n) is 6.90.